The van der Waals surface area contributed by atoms with Crippen molar-refractivity contribution in [3.8, 4) is 11.5 Å². The van der Waals surface area contributed by atoms with Gasteiger partial charge in [-0.05, 0) is 48.0 Å². The predicted molar refractivity (Wildman–Crippen MR) is 88.8 cm³/mol. The lowest BCUT2D eigenvalue weighted by atomic mass is 10.1. The van der Waals surface area contributed by atoms with Crippen LogP contribution in [0.1, 0.15) is 15.9 Å². The summed E-state index contributed by atoms with van der Waals surface area (Å²) in [4.78, 5) is 14.1. The number of ether oxygens (including phenoxy) is 1. The zero-order chi connectivity index (χ0) is 16.1. The molecule has 0 bridgehead atoms. The molecular weight excluding hydrogens is 278 g/mol. The highest BCUT2D eigenvalue weighted by Crippen LogP contribution is 2.26. The topological polar surface area (TPSA) is 49.8 Å². The molecule has 0 saturated heterocycles. The summed E-state index contributed by atoms with van der Waals surface area (Å²) in [5.74, 6) is 0.371. The third-order valence-electron chi connectivity index (χ3n) is 3.30. The standard InChI is InChI=1S/C18H19NO3/c1-19(2)15-8-6-14(7-9-15)16(20)10-4-13-5-11-18(22-3)17(21)12-13/h4-12,21H,1-3H3/b10-4+. The first kappa shape index (κ1) is 15.6. The van der Waals surface area contributed by atoms with Crippen LogP contribution in [0.4, 0.5) is 5.69 Å². The van der Waals surface area contributed by atoms with Gasteiger partial charge in [0.1, 0.15) is 0 Å². The van der Waals surface area contributed by atoms with Crippen molar-refractivity contribution in [1.82, 2.24) is 0 Å². The zero-order valence-corrected chi connectivity index (χ0v) is 12.9. The van der Waals surface area contributed by atoms with E-state index in [0.29, 0.717) is 11.3 Å². The zero-order valence-electron chi connectivity index (χ0n) is 12.9. The van der Waals surface area contributed by atoms with E-state index in [1.807, 2.05) is 31.1 Å². The number of carbonyl (C=O) groups excluding carboxylic acids is 1. The highest BCUT2D eigenvalue weighted by molar-refractivity contribution is 6.07. The second-order valence-corrected chi connectivity index (χ2v) is 5.07. The Morgan fingerprint density at radius 3 is 2.36 bits per heavy atom. The fourth-order valence-electron chi connectivity index (χ4n) is 2.00. The van der Waals surface area contributed by atoms with Crippen molar-refractivity contribution in [2.45, 2.75) is 0 Å². The van der Waals surface area contributed by atoms with Gasteiger partial charge in [-0.25, -0.2) is 0 Å². The number of nitrogens with zero attached hydrogens (tertiary/aromatic N) is 1. The van der Waals surface area contributed by atoms with E-state index < -0.39 is 0 Å². The van der Waals surface area contributed by atoms with Crippen LogP contribution < -0.4 is 9.64 Å². The molecule has 22 heavy (non-hydrogen) atoms. The van der Waals surface area contributed by atoms with Crippen LogP contribution in [-0.2, 0) is 0 Å². The normalized spacial score (nSPS) is 10.7. The van der Waals surface area contributed by atoms with E-state index in [1.165, 1.54) is 13.2 Å². The molecule has 2 rings (SSSR count). The van der Waals surface area contributed by atoms with Gasteiger partial charge in [-0.3, -0.25) is 4.79 Å². The summed E-state index contributed by atoms with van der Waals surface area (Å²) in [7, 11) is 5.39. The number of hydrogen-bond acceptors (Lipinski definition) is 4. The van der Waals surface area contributed by atoms with E-state index in [-0.39, 0.29) is 11.5 Å². The lowest BCUT2D eigenvalue weighted by molar-refractivity contribution is 0.104. The van der Waals surface area contributed by atoms with E-state index in [4.69, 9.17) is 4.74 Å². The lowest BCUT2D eigenvalue weighted by Gasteiger charge is -2.11. The number of allylic oxidation sites excluding steroid dienone is 1. The molecule has 0 saturated carbocycles. The van der Waals surface area contributed by atoms with Gasteiger partial charge >= 0.3 is 0 Å². The maximum atomic E-state index is 12.1. The third-order valence-corrected chi connectivity index (χ3v) is 3.30. The molecule has 0 amide bonds. The van der Waals surface area contributed by atoms with Crippen molar-refractivity contribution >= 4 is 17.5 Å². The molecular formula is C18H19NO3. The lowest BCUT2D eigenvalue weighted by Crippen LogP contribution is -2.08. The van der Waals surface area contributed by atoms with E-state index >= 15 is 0 Å². The molecule has 0 aliphatic heterocycles. The van der Waals surface area contributed by atoms with Crippen LogP contribution in [0.5, 0.6) is 11.5 Å². The molecule has 0 radical (unpaired) electrons. The number of carbonyl (C=O) groups is 1. The van der Waals surface area contributed by atoms with Crippen LogP contribution in [0.25, 0.3) is 6.08 Å². The fraction of sp³-hybridized carbons (Fsp3) is 0.167. The van der Waals surface area contributed by atoms with Crippen molar-refractivity contribution < 1.29 is 14.6 Å². The number of aromatic hydroxyl groups is 1. The summed E-state index contributed by atoms with van der Waals surface area (Å²) in [6.07, 6.45) is 3.16. The highest BCUT2D eigenvalue weighted by atomic mass is 16.5. The summed E-state index contributed by atoms with van der Waals surface area (Å²) in [6.45, 7) is 0. The molecule has 0 aliphatic rings. The van der Waals surface area contributed by atoms with Crippen LogP contribution in [-0.4, -0.2) is 32.1 Å². The number of ketones is 1. The second-order valence-electron chi connectivity index (χ2n) is 5.07. The van der Waals surface area contributed by atoms with Crippen molar-refractivity contribution in [2.24, 2.45) is 0 Å². The molecule has 0 fully saturated rings. The number of methoxy groups -OCH3 is 1. The van der Waals surface area contributed by atoms with Gasteiger partial charge in [0.25, 0.3) is 0 Å². The van der Waals surface area contributed by atoms with Crippen molar-refractivity contribution in [2.75, 3.05) is 26.1 Å². The first-order valence-corrected chi connectivity index (χ1v) is 6.88. The first-order chi connectivity index (χ1) is 10.5. The van der Waals surface area contributed by atoms with Crippen LogP contribution in [0.3, 0.4) is 0 Å². The van der Waals surface area contributed by atoms with E-state index in [9.17, 15) is 9.90 Å². The summed E-state index contributed by atoms with van der Waals surface area (Å²) >= 11 is 0. The number of anilines is 1. The maximum absolute atomic E-state index is 12.1. The van der Waals surface area contributed by atoms with Gasteiger partial charge in [0, 0.05) is 25.3 Å². The molecule has 0 spiro atoms. The van der Waals surface area contributed by atoms with Gasteiger partial charge in [0.05, 0.1) is 7.11 Å². The minimum Gasteiger partial charge on any atom is -0.504 e. The molecule has 2 aromatic rings. The smallest absolute Gasteiger partial charge is 0.185 e. The Morgan fingerprint density at radius 1 is 1.14 bits per heavy atom. The van der Waals surface area contributed by atoms with Crippen LogP contribution in [0.2, 0.25) is 0 Å². The molecule has 0 unspecified atom stereocenters. The Bertz CT molecular complexity index is 688. The van der Waals surface area contributed by atoms with E-state index in [0.717, 1.165) is 11.3 Å². The number of rotatable bonds is 5. The molecule has 0 atom stereocenters. The van der Waals surface area contributed by atoms with E-state index in [2.05, 4.69) is 0 Å². The van der Waals surface area contributed by atoms with Gasteiger partial charge in [-0.15, -0.1) is 0 Å². The first-order valence-electron chi connectivity index (χ1n) is 6.88. The largest absolute Gasteiger partial charge is 0.504 e. The minimum absolute atomic E-state index is 0.0486. The van der Waals surface area contributed by atoms with Gasteiger partial charge in [0.2, 0.25) is 0 Å². The van der Waals surface area contributed by atoms with Gasteiger partial charge in [-0.1, -0.05) is 12.1 Å². The van der Waals surface area contributed by atoms with Gasteiger partial charge in [-0.2, -0.15) is 0 Å². The third kappa shape index (κ3) is 3.67. The average Bonchev–Trinajstić information content (AvgIpc) is 2.52. The molecule has 4 nitrogen and oxygen atoms in total. The minimum atomic E-state index is -0.0828. The molecule has 0 aliphatic carbocycles. The monoisotopic (exact) mass is 297 g/mol. The molecule has 4 heteroatoms. The molecule has 0 aromatic heterocycles. The Kier molecular flexibility index (Phi) is 4.84. The van der Waals surface area contributed by atoms with Crippen LogP contribution in [0, 0.1) is 0 Å². The summed E-state index contributed by atoms with van der Waals surface area (Å²) in [5, 5.41) is 9.71. The molecule has 1 N–H and O–H groups in total. The Morgan fingerprint density at radius 2 is 1.82 bits per heavy atom. The van der Waals surface area contributed by atoms with Gasteiger partial charge < -0.3 is 14.7 Å². The average molecular weight is 297 g/mol. The van der Waals surface area contributed by atoms with Crippen molar-refractivity contribution in [3.63, 3.8) is 0 Å². The highest BCUT2D eigenvalue weighted by Gasteiger charge is 2.04. The van der Waals surface area contributed by atoms with E-state index in [1.54, 1.807) is 36.4 Å². The van der Waals surface area contributed by atoms with Gasteiger partial charge in [0.15, 0.2) is 17.3 Å². The fourth-order valence-corrected chi connectivity index (χ4v) is 2.00. The number of phenolic OH excluding ortho intramolecular Hbond substituents is 1. The number of hydrogen-bond donors (Lipinski definition) is 1. The quantitative estimate of drug-likeness (QED) is 0.679. The SMILES string of the molecule is COc1ccc(/C=C/C(=O)c2ccc(N(C)C)cc2)cc1O. The Balaban J connectivity index is 2.12. The second kappa shape index (κ2) is 6.80. The summed E-state index contributed by atoms with van der Waals surface area (Å²) in [5.41, 5.74) is 2.40. The Hall–Kier alpha value is -2.75. The maximum Gasteiger partial charge on any atom is 0.185 e. The number of phenols is 1. The van der Waals surface area contributed by atoms with Crippen LogP contribution in [0.15, 0.2) is 48.5 Å². The number of benzene rings is 2. The van der Waals surface area contributed by atoms with Crippen molar-refractivity contribution in [3.05, 3.63) is 59.7 Å². The summed E-state index contributed by atoms with van der Waals surface area (Å²) < 4.78 is 4.98. The Labute approximate surface area is 130 Å². The van der Waals surface area contributed by atoms with Crippen LogP contribution >= 0.6 is 0 Å². The molecule has 0 heterocycles. The molecule has 2 aromatic carbocycles. The summed E-state index contributed by atoms with van der Waals surface area (Å²) in [6, 6.07) is 12.4. The predicted octanol–water partition coefficient (Wildman–Crippen LogP) is 3.36. The van der Waals surface area contributed by atoms with Crippen molar-refractivity contribution in [1.29, 1.82) is 0 Å². The molecule has 114 valence electrons.